The molecular formula is C28H38N4O5. The van der Waals surface area contributed by atoms with E-state index in [1.165, 1.54) is 0 Å². The number of aryl methyl sites for hydroxylation is 2. The maximum Gasteiger partial charge on any atom is 0.412 e. The minimum atomic E-state index is -0.619. The maximum atomic E-state index is 12.8. The Morgan fingerprint density at radius 1 is 1.22 bits per heavy atom. The highest BCUT2D eigenvalue weighted by Crippen LogP contribution is 2.34. The molecule has 4 rings (SSSR count). The van der Waals surface area contributed by atoms with Crippen molar-refractivity contribution in [2.24, 2.45) is 0 Å². The van der Waals surface area contributed by atoms with Gasteiger partial charge in [-0.2, -0.15) is 0 Å². The van der Waals surface area contributed by atoms with Gasteiger partial charge in [0.15, 0.2) is 0 Å². The fourth-order valence-electron chi connectivity index (χ4n) is 4.71. The minimum Gasteiger partial charge on any atom is -0.492 e. The van der Waals surface area contributed by atoms with E-state index in [9.17, 15) is 9.59 Å². The van der Waals surface area contributed by atoms with Crippen molar-refractivity contribution in [1.82, 2.24) is 19.8 Å². The monoisotopic (exact) mass is 510 g/mol. The number of amides is 1. The smallest absolute Gasteiger partial charge is 0.412 e. The van der Waals surface area contributed by atoms with E-state index in [4.69, 9.17) is 14.2 Å². The lowest BCUT2D eigenvalue weighted by Crippen LogP contribution is -2.38. The Morgan fingerprint density at radius 3 is 2.73 bits per heavy atom. The van der Waals surface area contributed by atoms with Crippen LogP contribution in [0.2, 0.25) is 0 Å². The number of hydrogen-bond acceptors (Lipinski definition) is 6. The first-order valence-corrected chi connectivity index (χ1v) is 13.1. The largest absolute Gasteiger partial charge is 0.492 e. The van der Waals surface area contributed by atoms with Gasteiger partial charge >= 0.3 is 6.09 Å². The van der Waals surface area contributed by atoms with Gasteiger partial charge in [0.25, 0.3) is 5.56 Å². The summed E-state index contributed by atoms with van der Waals surface area (Å²) in [6.07, 6.45) is 3.04. The fourth-order valence-corrected chi connectivity index (χ4v) is 4.71. The van der Waals surface area contributed by atoms with E-state index in [0.717, 1.165) is 67.8 Å². The molecule has 2 aromatic heterocycles. The van der Waals surface area contributed by atoms with Crippen molar-refractivity contribution in [3.05, 3.63) is 57.6 Å². The molecule has 1 aliphatic heterocycles. The van der Waals surface area contributed by atoms with Crippen molar-refractivity contribution >= 4 is 17.0 Å². The molecular weight excluding hydrogens is 472 g/mol. The number of rotatable bonds is 10. The van der Waals surface area contributed by atoms with Crippen LogP contribution in [0, 0.1) is 6.92 Å². The zero-order chi connectivity index (χ0) is 26.4. The van der Waals surface area contributed by atoms with Crippen molar-refractivity contribution in [2.75, 3.05) is 39.5 Å². The number of benzene rings is 1. The van der Waals surface area contributed by atoms with Crippen LogP contribution in [0.1, 0.15) is 50.1 Å². The summed E-state index contributed by atoms with van der Waals surface area (Å²) in [7, 11) is 0. The van der Waals surface area contributed by atoms with Crippen LogP contribution in [-0.2, 0) is 17.7 Å². The molecule has 0 aliphatic carbocycles. The number of morpholine rings is 1. The van der Waals surface area contributed by atoms with Crippen LogP contribution in [0.25, 0.3) is 10.9 Å². The fraction of sp³-hybridized carbons (Fsp3) is 0.500. The van der Waals surface area contributed by atoms with Gasteiger partial charge in [-0.05, 0) is 44.9 Å². The molecule has 0 unspecified atom stereocenters. The van der Waals surface area contributed by atoms with Crippen molar-refractivity contribution in [1.29, 1.82) is 0 Å². The maximum absolute atomic E-state index is 12.8. The highest BCUT2D eigenvalue weighted by molar-refractivity contribution is 5.90. The van der Waals surface area contributed by atoms with Crippen molar-refractivity contribution in [3.8, 4) is 11.5 Å². The van der Waals surface area contributed by atoms with Crippen LogP contribution in [-0.4, -0.2) is 60.0 Å². The highest BCUT2D eigenvalue weighted by Gasteiger charge is 2.17. The third-order valence-corrected chi connectivity index (χ3v) is 6.60. The Hall–Kier alpha value is -3.30. The number of ether oxygens (including phenoxy) is 3. The second-order valence-corrected chi connectivity index (χ2v) is 9.75. The molecule has 37 heavy (non-hydrogen) atoms. The second kappa shape index (κ2) is 12.3. The molecule has 1 fully saturated rings. The van der Waals surface area contributed by atoms with E-state index >= 15 is 0 Å². The van der Waals surface area contributed by atoms with E-state index in [1.54, 1.807) is 6.07 Å². The van der Waals surface area contributed by atoms with Gasteiger partial charge in [0.2, 0.25) is 0 Å². The van der Waals surface area contributed by atoms with Gasteiger partial charge in [-0.1, -0.05) is 13.3 Å². The number of fused-ring (bicyclic) bond motifs is 1. The number of carbonyl (C=O) groups excluding carboxylic acids is 1. The van der Waals surface area contributed by atoms with E-state index in [0.29, 0.717) is 23.7 Å². The quantitative estimate of drug-likeness (QED) is 0.425. The third-order valence-electron chi connectivity index (χ3n) is 6.60. The average Bonchev–Trinajstić information content (AvgIpc) is 3.29. The molecule has 0 bridgehead atoms. The summed E-state index contributed by atoms with van der Waals surface area (Å²) in [5, 5.41) is 3.58. The van der Waals surface area contributed by atoms with Crippen LogP contribution < -0.4 is 20.3 Å². The van der Waals surface area contributed by atoms with Crippen LogP contribution in [0.4, 0.5) is 4.79 Å². The number of nitrogens with zero attached hydrogens (tertiary/aromatic N) is 2. The summed E-state index contributed by atoms with van der Waals surface area (Å²) >= 11 is 0. The summed E-state index contributed by atoms with van der Waals surface area (Å²) in [6.45, 7) is 12.8. The topological polar surface area (TPSA) is 97.8 Å². The average molecular weight is 511 g/mol. The lowest BCUT2D eigenvalue weighted by atomic mass is 10.0. The molecule has 9 heteroatoms. The molecule has 3 heterocycles. The van der Waals surface area contributed by atoms with Gasteiger partial charge in [0.05, 0.1) is 25.3 Å². The highest BCUT2D eigenvalue weighted by atomic mass is 16.6. The molecule has 1 aromatic carbocycles. The number of pyridine rings is 1. The molecule has 1 amide bonds. The number of aromatic amines is 1. The molecule has 0 saturated carbocycles. The van der Waals surface area contributed by atoms with Gasteiger partial charge in [-0.25, -0.2) is 4.79 Å². The molecule has 0 spiro atoms. The molecule has 9 nitrogen and oxygen atoms in total. The summed E-state index contributed by atoms with van der Waals surface area (Å²) < 4.78 is 19.4. The second-order valence-electron chi connectivity index (χ2n) is 9.75. The number of aromatic nitrogens is 2. The van der Waals surface area contributed by atoms with Crippen molar-refractivity contribution in [2.45, 2.75) is 53.1 Å². The lowest BCUT2D eigenvalue weighted by Gasteiger charge is -2.26. The molecule has 1 aliphatic rings. The number of H-pyrrole nitrogens is 1. The Kier molecular flexibility index (Phi) is 8.89. The Labute approximate surface area is 217 Å². The number of hydrogen-bond donors (Lipinski definition) is 2. The molecule has 200 valence electrons. The zero-order valence-corrected chi connectivity index (χ0v) is 22.3. The van der Waals surface area contributed by atoms with Crippen LogP contribution in [0.5, 0.6) is 11.5 Å². The van der Waals surface area contributed by atoms with Gasteiger partial charge in [-0.3, -0.25) is 9.69 Å². The van der Waals surface area contributed by atoms with Crippen molar-refractivity contribution < 1.29 is 19.0 Å². The first-order chi connectivity index (χ1) is 17.9. The summed E-state index contributed by atoms with van der Waals surface area (Å²) in [6, 6.07) is 7.88. The third kappa shape index (κ3) is 6.72. The minimum absolute atomic E-state index is 0.0929. The molecule has 1 saturated heterocycles. The van der Waals surface area contributed by atoms with Gasteiger partial charge in [0.1, 0.15) is 18.1 Å². The standard InChI is InChI=1S/C28H38N4O5/c1-5-6-21-15-20(4)30-27(33)24(21)18-29-28(34)37-26-17-22(36-14-11-31-9-12-35-13-10-31)16-25-23(26)7-8-32(25)19(2)3/h7-8,15-17,19H,5-6,9-14,18H2,1-4H3,(H,29,34)(H,30,33). The lowest BCUT2D eigenvalue weighted by molar-refractivity contribution is 0.0322. The van der Waals surface area contributed by atoms with E-state index in [2.05, 4.69) is 40.5 Å². The summed E-state index contributed by atoms with van der Waals surface area (Å²) in [5.74, 6) is 1.06. The van der Waals surface area contributed by atoms with Gasteiger partial charge in [-0.15, -0.1) is 0 Å². The summed E-state index contributed by atoms with van der Waals surface area (Å²) in [4.78, 5) is 30.5. The molecule has 0 radical (unpaired) electrons. The Balaban J connectivity index is 1.49. The van der Waals surface area contributed by atoms with Crippen molar-refractivity contribution in [3.63, 3.8) is 0 Å². The molecule has 2 N–H and O–H groups in total. The SMILES string of the molecule is CCCc1cc(C)[nH]c(=O)c1CNC(=O)Oc1cc(OCCN2CCOCC2)cc2c1ccn2C(C)C. The van der Waals surface area contributed by atoms with Gasteiger partial charge in [0, 0.05) is 60.6 Å². The molecule has 0 atom stereocenters. The van der Waals surface area contributed by atoms with E-state index < -0.39 is 6.09 Å². The van der Waals surface area contributed by atoms with Crippen LogP contribution in [0.15, 0.2) is 35.3 Å². The van der Waals surface area contributed by atoms with Crippen LogP contribution >= 0.6 is 0 Å². The van der Waals surface area contributed by atoms with Gasteiger partial charge < -0.3 is 29.1 Å². The van der Waals surface area contributed by atoms with E-state index in [1.807, 2.05) is 31.3 Å². The number of nitrogens with one attached hydrogen (secondary N) is 2. The number of carbonyl (C=O) groups is 1. The Morgan fingerprint density at radius 2 is 2.00 bits per heavy atom. The predicted octanol–water partition coefficient (Wildman–Crippen LogP) is 4.17. The molecule has 3 aromatic rings. The first-order valence-electron chi connectivity index (χ1n) is 13.1. The zero-order valence-electron chi connectivity index (χ0n) is 22.3. The normalized spacial score (nSPS) is 14.3. The Bertz CT molecular complexity index is 1270. The van der Waals surface area contributed by atoms with Crippen LogP contribution in [0.3, 0.4) is 0 Å². The van der Waals surface area contributed by atoms with E-state index in [-0.39, 0.29) is 18.1 Å². The predicted molar refractivity (Wildman–Crippen MR) is 144 cm³/mol. The first kappa shape index (κ1) is 26.8. The summed E-state index contributed by atoms with van der Waals surface area (Å²) in [5.41, 5.74) is 3.05.